The van der Waals surface area contributed by atoms with Gasteiger partial charge in [0.1, 0.15) is 5.75 Å². The van der Waals surface area contributed by atoms with Crippen LogP contribution in [0.3, 0.4) is 0 Å². The van der Waals surface area contributed by atoms with Gasteiger partial charge in [-0.05, 0) is 60.9 Å². The van der Waals surface area contributed by atoms with Gasteiger partial charge in [-0.3, -0.25) is 4.98 Å². The monoisotopic (exact) mass is 540 g/mol. The molecule has 0 bridgehead atoms. The molecule has 3 N–H and O–H groups in total. The lowest BCUT2D eigenvalue weighted by Gasteiger charge is -2.17. The van der Waals surface area contributed by atoms with Crippen molar-refractivity contribution < 1.29 is 26.7 Å². The van der Waals surface area contributed by atoms with Crippen molar-refractivity contribution in [3.63, 3.8) is 0 Å². The minimum absolute atomic E-state index is 0.0391. The molecule has 0 aliphatic rings. The molecule has 0 aliphatic carbocycles. The molecule has 2 amide bonds. The molecule has 3 aromatic carbocycles. The Morgan fingerprint density at radius 2 is 1.84 bits per heavy atom. The van der Waals surface area contributed by atoms with E-state index in [1.807, 2.05) is 17.7 Å². The Hall–Kier alpha value is -4.25. The molecule has 198 valence electrons. The molecule has 0 unspecified atom stereocenters. The van der Waals surface area contributed by atoms with Crippen molar-refractivity contribution in [2.45, 2.75) is 31.1 Å². The molecular weight excluding hydrogens is 514 g/mol. The largest absolute Gasteiger partial charge is 0.497 e. The fourth-order valence-corrected chi connectivity index (χ4v) is 4.80. The second kappa shape index (κ2) is 11.4. The zero-order chi connectivity index (χ0) is 27.3. The molecule has 0 aliphatic heterocycles. The molecule has 1 aromatic heterocycles. The Labute approximate surface area is 219 Å². The van der Waals surface area contributed by atoms with Crippen molar-refractivity contribution in [2.24, 2.45) is 0 Å². The molecule has 0 fully saturated rings. The maximum Gasteiger partial charge on any atom is 0.333 e. The molecular formula is C27H26F2N4O4S. The molecule has 0 atom stereocenters. The predicted octanol–water partition coefficient (Wildman–Crippen LogP) is 6.12. The quantitative estimate of drug-likeness (QED) is 0.236. The van der Waals surface area contributed by atoms with Crippen LogP contribution >= 0.6 is 0 Å². The average Bonchev–Trinajstić information content (AvgIpc) is 2.90. The third-order valence-corrected chi connectivity index (χ3v) is 7.10. The van der Waals surface area contributed by atoms with Crippen molar-refractivity contribution in [1.82, 2.24) is 9.71 Å². The highest BCUT2D eigenvalue weighted by Gasteiger charge is 2.20. The molecule has 0 saturated carbocycles. The highest BCUT2D eigenvalue weighted by molar-refractivity contribution is 7.90. The summed E-state index contributed by atoms with van der Waals surface area (Å²) in [6.45, 7) is 2.04. The number of nitrogens with zero attached hydrogens (tertiary/aromatic N) is 1. The van der Waals surface area contributed by atoms with Crippen molar-refractivity contribution in [3.8, 4) is 5.75 Å². The van der Waals surface area contributed by atoms with E-state index in [0.717, 1.165) is 37.0 Å². The Kier molecular flexibility index (Phi) is 8.06. The van der Waals surface area contributed by atoms with Gasteiger partial charge in [0, 0.05) is 17.1 Å². The number of benzene rings is 3. The SMILES string of the molecule is CCCCc1cccc(S(=O)(=O)NC(=O)Nc2cnc3ccc(OC)cc3c2Nc2ccc(F)c(F)c2)c1. The van der Waals surface area contributed by atoms with Crippen LogP contribution < -0.4 is 20.1 Å². The molecule has 4 aromatic rings. The molecule has 0 radical (unpaired) electrons. The number of fused-ring (bicyclic) bond motifs is 1. The number of methoxy groups -OCH3 is 1. The Bertz CT molecular complexity index is 1600. The number of amides is 2. The van der Waals surface area contributed by atoms with E-state index in [1.54, 1.807) is 24.3 Å². The second-order valence-corrected chi connectivity index (χ2v) is 10.2. The summed E-state index contributed by atoms with van der Waals surface area (Å²) in [6.07, 6.45) is 3.92. The standard InChI is InChI=1S/C27H26F2N4O4S/c1-3-4-6-17-7-5-8-20(13-17)38(35,36)33-27(34)32-25-16-30-24-12-10-19(37-2)15-21(24)26(25)31-18-9-11-22(28)23(29)14-18/h5,7-16H,3-4,6H2,1-2H3,(H,30,31)(H2,32,33,34). The number of carbonyl (C=O) groups excluding carboxylic acids is 1. The van der Waals surface area contributed by atoms with E-state index in [4.69, 9.17) is 4.74 Å². The third-order valence-electron chi connectivity index (χ3n) is 5.77. The zero-order valence-electron chi connectivity index (χ0n) is 20.7. The van der Waals surface area contributed by atoms with Gasteiger partial charge in [0.15, 0.2) is 11.6 Å². The summed E-state index contributed by atoms with van der Waals surface area (Å²) in [5.41, 5.74) is 1.92. The number of sulfonamides is 1. The highest BCUT2D eigenvalue weighted by Crippen LogP contribution is 2.35. The van der Waals surface area contributed by atoms with E-state index in [0.29, 0.717) is 16.7 Å². The minimum atomic E-state index is -4.18. The lowest BCUT2D eigenvalue weighted by Crippen LogP contribution is -2.34. The number of unbranched alkanes of at least 4 members (excludes halogenated alkanes) is 1. The number of anilines is 3. The van der Waals surface area contributed by atoms with Gasteiger partial charge in [-0.1, -0.05) is 25.5 Å². The number of ether oxygens (including phenoxy) is 1. The van der Waals surface area contributed by atoms with Gasteiger partial charge in [-0.25, -0.2) is 26.7 Å². The van der Waals surface area contributed by atoms with Crippen molar-refractivity contribution in [2.75, 3.05) is 17.7 Å². The molecule has 0 spiro atoms. The van der Waals surface area contributed by atoms with Crippen LogP contribution in [0.15, 0.2) is 71.8 Å². The van der Waals surface area contributed by atoms with Crippen LogP contribution in [0.2, 0.25) is 0 Å². The number of carbonyl (C=O) groups is 1. The number of aryl methyl sites for hydroxylation is 1. The molecule has 0 saturated heterocycles. The summed E-state index contributed by atoms with van der Waals surface area (Å²) in [7, 11) is -2.70. The Balaban J connectivity index is 1.65. The van der Waals surface area contributed by atoms with E-state index in [-0.39, 0.29) is 22.0 Å². The summed E-state index contributed by atoms with van der Waals surface area (Å²) in [6, 6.07) is 13.6. The van der Waals surface area contributed by atoms with Gasteiger partial charge < -0.3 is 15.4 Å². The lowest BCUT2D eigenvalue weighted by molar-refractivity contribution is 0.256. The first kappa shape index (κ1) is 26.8. The van der Waals surface area contributed by atoms with Crippen LogP contribution in [0.4, 0.5) is 30.6 Å². The van der Waals surface area contributed by atoms with Gasteiger partial charge in [-0.15, -0.1) is 0 Å². The van der Waals surface area contributed by atoms with Crippen molar-refractivity contribution in [1.29, 1.82) is 0 Å². The number of nitrogens with one attached hydrogen (secondary N) is 3. The number of rotatable bonds is 9. The van der Waals surface area contributed by atoms with E-state index in [2.05, 4.69) is 15.6 Å². The summed E-state index contributed by atoms with van der Waals surface area (Å²) in [5.74, 6) is -1.59. The van der Waals surface area contributed by atoms with E-state index in [1.165, 1.54) is 31.5 Å². The minimum Gasteiger partial charge on any atom is -0.497 e. The zero-order valence-corrected chi connectivity index (χ0v) is 21.5. The Morgan fingerprint density at radius 1 is 1.03 bits per heavy atom. The summed E-state index contributed by atoms with van der Waals surface area (Å²) in [5, 5.41) is 5.95. The third kappa shape index (κ3) is 6.17. The van der Waals surface area contributed by atoms with Crippen LogP contribution in [0.25, 0.3) is 10.9 Å². The van der Waals surface area contributed by atoms with Crippen LogP contribution in [-0.4, -0.2) is 26.5 Å². The van der Waals surface area contributed by atoms with Crippen molar-refractivity contribution >= 4 is 44.0 Å². The summed E-state index contributed by atoms with van der Waals surface area (Å²) in [4.78, 5) is 17.1. The van der Waals surface area contributed by atoms with E-state index >= 15 is 0 Å². The molecule has 1 heterocycles. The number of pyridine rings is 1. The first-order valence-electron chi connectivity index (χ1n) is 11.8. The molecule has 38 heavy (non-hydrogen) atoms. The summed E-state index contributed by atoms with van der Waals surface area (Å²) < 4.78 is 60.5. The lowest BCUT2D eigenvalue weighted by atomic mass is 10.1. The maximum absolute atomic E-state index is 13.9. The normalized spacial score (nSPS) is 11.3. The topological polar surface area (TPSA) is 109 Å². The van der Waals surface area contributed by atoms with Gasteiger partial charge in [-0.2, -0.15) is 0 Å². The van der Waals surface area contributed by atoms with Gasteiger partial charge in [0.25, 0.3) is 10.0 Å². The molecule has 4 rings (SSSR count). The van der Waals surface area contributed by atoms with Crippen LogP contribution in [0, 0.1) is 11.6 Å². The average molecular weight is 541 g/mol. The fourth-order valence-electron chi connectivity index (χ4n) is 3.82. The number of aromatic nitrogens is 1. The van der Waals surface area contributed by atoms with Gasteiger partial charge in [0.05, 0.1) is 35.1 Å². The van der Waals surface area contributed by atoms with Crippen LogP contribution in [0.1, 0.15) is 25.3 Å². The number of hydrogen-bond donors (Lipinski definition) is 3. The molecule has 11 heteroatoms. The van der Waals surface area contributed by atoms with Gasteiger partial charge >= 0.3 is 6.03 Å². The highest BCUT2D eigenvalue weighted by atomic mass is 32.2. The smallest absolute Gasteiger partial charge is 0.333 e. The van der Waals surface area contributed by atoms with Gasteiger partial charge in [0.2, 0.25) is 0 Å². The van der Waals surface area contributed by atoms with E-state index < -0.39 is 27.7 Å². The summed E-state index contributed by atoms with van der Waals surface area (Å²) >= 11 is 0. The number of halogens is 2. The Morgan fingerprint density at radius 3 is 2.58 bits per heavy atom. The predicted molar refractivity (Wildman–Crippen MR) is 142 cm³/mol. The number of urea groups is 1. The molecule has 8 nitrogen and oxygen atoms in total. The maximum atomic E-state index is 13.9. The number of hydrogen-bond acceptors (Lipinski definition) is 6. The first-order chi connectivity index (χ1) is 18.2. The van der Waals surface area contributed by atoms with Crippen LogP contribution in [-0.2, 0) is 16.4 Å². The van der Waals surface area contributed by atoms with E-state index in [9.17, 15) is 22.0 Å². The second-order valence-electron chi connectivity index (χ2n) is 8.49. The van der Waals surface area contributed by atoms with Crippen molar-refractivity contribution in [3.05, 3.63) is 84.1 Å². The van der Waals surface area contributed by atoms with Crippen LogP contribution in [0.5, 0.6) is 5.75 Å². The fraction of sp³-hybridized carbons (Fsp3) is 0.185. The first-order valence-corrected chi connectivity index (χ1v) is 13.3.